The zero-order valence-corrected chi connectivity index (χ0v) is 24.2. The molecule has 226 valence electrons. The van der Waals surface area contributed by atoms with Crippen LogP contribution in [-0.4, -0.2) is 101 Å². The van der Waals surface area contributed by atoms with Crippen LogP contribution in [0.25, 0.3) is 0 Å². The molecular weight excluding hydrogens is 506 g/mol. The molecule has 2 fully saturated rings. The average Bonchev–Trinajstić information content (AvgIpc) is 3.31. The second kappa shape index (κ2) is 16.5. The van der Waals surface area contributed by atoms with Crippen LogP contribution < -0.4 is 10.6 Å². The third-order valence-corrected chi connectivity index (χ3v) is 7.27. The van der Waals surface area contributed by atoms with Gasteiger partial charge in [-0.3, -0.25) is 14.4 Å². The molecule has 3 amide bonds. The molecule has 0 radical (unpaired) electrons. The zero-order chi connectivity index (χ0) is 29.0. The van der Waals surface area contributed by atoms with E-state index in [4.69, 9.17) is 9.47 Å². The highest BCUT2D eigenvalue weighted by molar-refractivity contribution is 5.77. The highest BCUT2D eigenvalue weighted by atomic mass is 16.7. The summed E-state index contributed by atoms with van der Waals surface area (Å²) in [5, 5.41) is 35.1. The van der Waals surface area contributed by atoms with Gasteiger partial charge in [0.25, 0.3) is 0 Å². The third kappa shape index (κ3) is 11.7. The van der Waals surface area contributed by atoms with E-state index in [-0.39, 0.29) is 23.8 Å². The van der Waals surface area contributed by atoms with Crippen molar-refractivity contribution in [2.75, 3.05) is 26.3 Å². The largest absolute Gasteiger partial charge is 0.394 e. The summed E-state index contributed by atoms with van der Waals surface area (Å²) in [6.45, 7) is 9.12. The number of rotatable bonds is 15. The van der Waals surface area contributed by atoms with E-state index in [1.807, 2.05) is 0 Å². The Hall–Kier alpha value is -1.79. The number of hydrogen-bond donors (Lipinski definition) is 5. The van der Waals surface area contributed by atoms with Crippen LogP contribution in [0.5, 0.6) is 0 Å². The standard InChI is InChI=1S/C28H51N3O8/c1-19(33)30-24-26(37)25(36)21(18-32)39-27(24)38-16-9-7-12-22(34)29-14-8-5-6-13-23(35)31-15-10-11-20(31)17-28(2,3)4/h20-21,24-27,32,36-37H,5-18H2,1-4H3,(H,29,34)(H,30,33)/t20-,21?,24?,25-,26?,27+/m0/s1. The summed E-state index contributed by atoms with van der Waals surface area (Å²) < 4.78 is 11.2. The molecule has 2 heterocycles. The fourth-order valence-electron chi connectivity index (χ4n) is 5.32. The first-order valence-electron chi connectivity index (χ1n) is 14.5. The molecule has 0 aromatic heterocycles. The van der Waals surface area contributed by atoms with E-state index in [9.17, 15) is 29.7 Å². The fraction of sp³-hybridized carbons (Fsp3) is 0.893. The molecule has 2 aliphatic heterocycles. The summed E-state index contributed by atoms with van der Waals surface area (Å²) in [4.78, 5) is 38.3. The van der Waals surface area contributed by atoms with Gasteiger partial charge in [-0.1, -0.05) is 27.2 Å². The van der Waals surface area contributed by atoms with Gasteiger partial charge in [0.2, 0.25) is 17.7 Å². The van der Waals surface area contributed by atoms with E-state index in [1.165, 1.54) is 6.92 Å². The predicted molar refractivity (Wildman–Crippen MR) is 145 cm³/mol. The molecule has 0 bridgehead atoms. The van der Waals surface area contributed by atoms with Gasteiger partial charge in [0, 0.05) is 45.5 Å². The maximum Gasteiger partial charge on any atom is 0.222 e. The van der Waals surface area contributed by atoms with Gasteiger partial charge in [0.15, 0.2) is 6.29 Å². The molecule has 0 aromatic rings. The van der Waals surface area contributed by atoms with Crippen LogP contribution in [0.1, 0.15) is 91.9 Å². The zero-order valence-electron chi connectivity index (χ0n) is 24.2. The lowest BCUT2D eigenvalue weighted by Crippen LogP contribution is -2.64. The molecule has 11 nitrogen and oxygen atoms in total. The number of nitrogens with zero attached hydrogens (tertiary/aromatic N) is 1. The molecule has 0 aromatic carbocycles. The first-order valence-corrected chi connectivity index (χ1v) is 14.5. The molecule has 2 saturated heterocycles. The van der Waals surface area contributed by atoms with E-state index in [2.05, 4.69) is 36.3 Å². The lowest BCUT2D eigenvalue weighted by atomic mass is 9.87. The van der Waals surface area contributed by atoms with Gasteiger partial charge < -0.3 is 40.3 Å². The molecule has 3 unspecified atom stereocenters. The number of likely N-dealkylation sites (tertiary alicyclic amines) is 1. The molecule has 5 N–H and O–H groups in total. The molecule has 2 rings (SSSR count). The summed E-state index contributed by atoms with van der Waals surface area (Å²) in [5.74, 6) is -0.199. The molecule has 0 saturated carbocycles. The predicted octanol–water partition coefficient (Wildman–Crippen LogP) is 1.22. The molecule has 6 atom stereocenters. The van der Waals surface area contributed by atoms with Crippen LogP contribution >= 0.6 is 0 Å². The quantitative estimate of drug-likeness (QED) is 0.188. The Labute approximate surface area is 233 Å². The number of ether oxygens (including phenoxy) is 2. The van der Waals surface area contributed by atoms with E-state index < -0.39 is 43.2 Å². The second-order valence-electron chi connectivity index (χ2n) is 12.1. The number of carbonyl (C=O) groups is 3. The summed E-state index contributed by atoms with van der Waals surface area (Å²) >= 11 is 0. The van der Waals surface area contributed by atoms with E-state index >= 15 is 0 Å². The Morgan fingerprint density at radius 3 is 2.41 bits per heavy atom. The Balaban J connectivity index is 1.55. The fourth-order valence-corrected chi connectivity index (χ4v) is 5.32. The van der Waals surface area contributed by atoms with Crippen molar-refractivity contribution in [3.8, 4) is 0 Å². The van der Waals surface area contributed by atoms with Crippen LogP contribution in [0.3, 0.4) is 0 Å². The molecule has 11 heteroatoms. The minimum Gasteiger partial charge on any atom is -0.394 e. The first kappa shape index (κ1) is 33.4. The Morgan fingerprint density at radius 2 is 1.74 bits per heavy atom. The van der Waals surface area contributed by atoms with Crippen molar-refractivity contribution in [3.05, 3.63) is 0 Å². The van der Waals surface area contributed by atoms with Crippen LogP contribution in [0.2, 0.25) is 0 Å². The van der Waals surface area contributed by atoms with Gasteiger partial charge >= 0.3 is 0 Å². The molecule has 2 aliphatic rings. The molecule has 0 aliphatic carbocycles. The number of aliphatic hydroxyl groups is 3. The van der Waals surface area contributed by atoms with Crippen molar-refractivity contribution in [3.63, 3.8) is 0 Å². The van der Waals surface area contributed by atoms with Gasteiger partial charge in [-0.05, 0) is 50.4 Å². The monoisotopic (exact) mass is 557 g/mol. The number of hydrogen-bond acceptors (Lipinski definition) is 8. The smallest absolute Gasteiger partial charge is 0.222 e. The number of amides is 3. The molecule has 39 heavy (non-hydrogen) atoms. The molecule has 0 spiro atoms. The minimum atomic E-state index is -1.35. The number of unbranched alkanes of at least 4 members (excludes halogenated alkanes) is 3. The Kier molecular flexibility index (Phi) is 14.1. The highest BCUT2D eigenvalue weighted by Gasteiger charge is 2.45. The second-order valence-corrected chi connectivity index (χ2v) is 12.1. The van der Waals surface area contributed by atoms with E-state index in [0.29, 0.717) is 38.3 Å². The summed E-state index contributed by atoms with van der Waals surface area (Å²) in [6.07, 6.45) is 3.08. The molecular formula is C28H51N3O8. The van der Waals surface area contributed by atoms with Crippen LogP contribution in [-0.2, 0) is 23.9 Å². The van der Waals surface area contributed by atoms with Crippen molar-refractivity contribution in [1.29, 1.82) is 0 Å². The Morgan fingerprint density at radius 1 is 1.03 bits per heavy atom. The van der Waals surface area contributed by atoms with Crippen LogP contribution in [0, 0.1) is 5.41 Å². The lowest BCUT2D eigenvalue weighted by Gasteiger charge is -2.42. The number of aliphatic hydroxyl groups excluding tert-OH is 3. The van der Waals surface area contributed by atoms with Gasteiger partial charge in [0.05, 0.1) is 6.61 Å². The normalized spacial score (nSPS) is 27.4. The first-order chi connectivity index (χ1) is 18.4. The van der Waals surface area contributed by atoms with Crippen molar-refractivity contribution < 1.29 is 39.2 Å². The SMILES string of the molecule is CC(=O)NC1C(O)[C@@H](O)C(CO)O[C@H]1OCCCCC(=O)NCCCCCC(=O)N1CCC[C@H]1CC(C)(C)C. The van der Waals surface area contributed by atoms with E-state index in [0.717, 1.165) is 45.1 Å². The highest BCUT2D eigenvalue weighted by Crippen LogP contribution is 2.30. The number of nitrogens with one attached hydrogen (secondary N) is 2. The van der Waals surface area contributed by atoms with Crippen molar-refractivity contribution in [2.45, 2.75) is 129 Å². The Bertz CT molecular complexity index is 774. The summed E-state index contributed by atoms with van der Waals surface area (Å²) in [6, 6.07) is -0.605. The summed E-state index contributed by atoms with van der Waals surface area (Å²) in [7, 11) is 0. The maximum atomic E-state index is 12.7. The van der Waals surface area contributed by atoms with E-state index in [1.54, 1.807) is 0 Å². The van der Waals surface area contributed by atoms with Crippen molar-refractivity contribution in [2.24, 2.45) is 5.41 Å². The van der Waals surface area contributed by atoms with Gasteiger partial charge in [-0.2, -0.15) is 0 Å². The minimum absolute atomic E-state index is 0.0444. The maximum absolute atomic E-state index is 12.7. The van der Waals surface area contributed by atoms with Gasteiger partial charge in [-0.25, -0.2) is 0 Å². The lowest BCUT2D eigenvalue weighted by molar-refractivity contribution is -0.270. The van der Waals surface area contributed by atoms with Crippen molar-refractivity contribution in [1.82, 2.24) is 15.5 Å². The van der Waals surface area contributed by atoms with Gasteiger partial charge in [0.1, 0.15) is 24.4 Å². The topological polar surface area (TPSA) is 158 Å². The van der Waals surface area contributed by atoms with Crippen LogP contribution in [0.15, 0.2) is 0 Å². The summed E-state index contributed by atoms with van der Waals surface area (Å²) in [5.41, 5.74) is 0.220. The third-order valence-electron chi connectivity index (χ3n) is 7.27. The van der Waals surface area contributed by atoms with Crippen LogP contribution in [0.4, 0.5) is 0 Å². The van der Waals surface area contributed by atoms with Gasteiger partial charge in [-0.15, -0.1) is 0 Å². The average molecular weight is 558 g/mol. The van der Waals surface area contributed by atoms with Crippen molar-refractivity contribution >= 4 is 17.7 Å². The number of carbonyl (C=O) groups excluding carboxylic acids is 3.